The van der Waals surface area contributed by atoms with Gasteiger partial charge >= 0.3 is 0 Å². The van der Waals surface area contributed by atoms with E-state index in [9.17, 15) is 0 Å². The maximum Gasteiger partial charge on any atom is 0.0911 e. The van der Waals surface area contributed by atoms with Crippen molar-refractivity contribution >= 4 is 0 Å². The van der Waals surface area contributed by atoms with Gasteiger partial charge in [-0.25, -0.2) is 0 Å². The Kier molecular flexibility index (Phi) is 19.2. The first-order chi connectivity index (χ1) is 13.1. The summed E-state index contributed by atoms with van der Waals surface area (Å²) in [5.41, 5.74) is -0.127. The van der Waals surface area contributed by atoms with E-state index in [0.29, 0.717) is 0 Å². The minimum atomic E-state index is -0.127. The van der Waals surface area contributed by atoms with E-state index in [0.717, 1.165) is 12.8 Å². The molecule has 0 saturated heterocycles. The van der Waals surface area contributed by atoms with E-state index in [2.05, 4.69) is 20.8 Å². The molecule has 0 rings (SSSR count). The molecule has 0 amide bonds. The summed E-state index contributed by atoms with van der Waals surface area (Å²) in [7, 11) is 3.72. The second kappa shape index (κ2) is 19.2. The molecule has 0 aliphatic rings. The predicted octanol–water partition coefficient (Wildman–Crippen LogP) is 8.47. The second-order valence-corrected chi connectivity index (χ2v) is 8.73. The van der Waals surface area contributed by atoms with Gasteiger partial charge in [-0.3, -0.25) is 0 Å². The van der Waals surface area contributed by atoms with Gasteiger partial charge in [0.1, 0.15) is 0 Å². The van der Waals surface area contributed by atoms with Gasteiger partial charge in [0, 0.05) is 14.2 Å². The van der Waals surface area contributed by atoms with Crippen molar-refractivity contribution in [3.05, 3.63) is 0 Å². The van der Waals surface area contributed by atoms with Gasteiger partial charge < -0.3 is 9.47 Å². The molecule has 2 unspecified atom stereocenters. The lowest BCUT2D eigenvalue weighted by Gasteiger charge is -2.36. The Labute approximate surface area is 172 Å². The van der Waals surface area contributed by atoms with Crippen LogP contribution in [-0.4, -0.2) is 25.9 Å². The number of rotatable bonds is 21. The standard InChI is InChI=1S/C25H52O2/c1-6-8-10-12-14-15-16-17-19-21-23-25(3,27-5)24(26-4)22-20-18-13-11-9-7-2/h24H,6-23H2,1-5H3. The molecule has 0 N–H and O–H groups in total. The molecule has 0 aliphatic carbocycles. The van der Waals surface area contributed by atoms with E-state index in [-0.39, 0.29) is 11.7 Å². The Balaban J connectivity index is 3.86. The summed E-state index contributed by atoms with van der Waals surface area (Å²) in [4.78, 5) is 0. The van der Waals surface area contributed by atoms with Crippen LogP contribution in [-0.2, 0) is 9.47 Å². The molecule has 0 aromatic heterocycles. The zero-order valence-corrected chi connectivity index (χ0v) is 19.6. The van der Waals surface area contributed by atoms with Gasteiger partial charge in [0.25, 0.3) is 0 Å². The van der Waals surface area contributed by atoms with Crippen molar-refractivity contribution in [2.45, 2.75) is 148 Å². The number of unbranched alkanes of at least 4 members (excludes halogenated alkanes) is 14. The highest BCUT2D eigenvalue weighted by Crippen LogP contribution is 2.28. The predicted molar refractivity (Wildman–Crippen MR) is 121 cm³/mol. The smallest absolute Gasteiger partial charge is 0.0911 e. The Bertz CT molecular complexity index is 292. The summed E-state index contributed by atoms with van der Waals surface area (Å²) in [5.74, 6) is 0. The summed E-state index contributed by atoms with van der Waals surface area (Å²) in [6.07, 6.45) is 24.4. The molecular weight excluding hydrogens is 332 g/mol. The van der Waals surface area contributed by atoms with E-state index in [4.69, 9.17) is 9.47 Å². The van der Waals surface area contributed by atoms with Crippen LogP contribution in [0.25, 0.3) is 0 Å². The lowest BCUT2D eigenvalue weighted by atomic mass is 9.88. The summed E-state index contributed by atoms with van der Waals surface area (Å²) in [5, 5.41) is 0. The molecule has 0 aromatic rings. The molecule has 2 atom stereocenters. The molecule has 27 heavy (non-hydrogen) atoms. The highest BCUT2D eigenvalue weighted by Gasteiger charge is 2.33. The topological polar surface area (TPSA) is 18.5 Å². The van der Waals surface area contributed by atoms with Crippen LogP contribution in [0, 0.1) is 0 Å². The molecule has 2 heteroatoms. The summed E-state index contributed by atoms with van der Waals surface area (Å²) < 4.78 is 11.8. The highest BCUT2D eigenvalue weighted by atomic mass is 16.5. The molecular formula is C25H52O2. The van der Waals surface area contributed by atoms with Crippen molar-refractivity contribution in [2.24, 2.45) is 0 Å². The Hall–Kier alpha value is -0.0800. The fourth-order valence-electron chi connectivity index (χ4n) is 4.14. The minimum Gasteiger partial charge on any atom is -0.378 e. The largest absolute Gasteiger partial charge is 0.378 e. The second-order valence-electron chi connectivity index (χ2n) is 8.73. The molecule has 0 heterocycles. The van der Waals surface area contributed by atoms with Crippen LogP contribution < -0.4 is 0 Å². The quantitative estimate of drug-likeness (QED) is 0.185. The normalized spacial score (nSPS) is 15.0. The maximum absolute atomic E-state index is 5.94. The van der Waals surface area contributed by atoms with Crippen molar-refractivity contribution in [1.29, 1.82) is 0 Å². The van der Waals surface area contributed by atoms with Crippen LogP contribution in [0.2, 0.25) is 0 Å². The van der Waals surface area contributed by atoms with E-state index in [1.165, 1.54) is 103 Å². The van der Waals surface area contributed by atoms with E-state index in [1.807, 2.05) is 14.2 Å². The summed E-state index contributed by atoms with van der Waals surface area (Å²) in [6, 6.07) is 0. The third kappa shape index (κ3) is 14.6. The van der Waals surface area contributed by atoms with Gasteiger partial charge in [0.15, 0.2) is 0 Å². The van der Waals surface area contributed by atoms with Crippen molar-refractivity contribution < 1.29 is 9.47 Å². The fourth-order valence-corrected chi connectivity index (χ4v) is 4.14. The van der Waals surface area contributed by atoms with Crippen LogP contribution in [0.5, 0.6) is 0 Å². The van der Waals surface area contributed by atoms with E-state index in [1.54, 1.807) is 0 Å². The Morgan fingerprint density at radius 1 is 0.593 bits per heavy atom. The van der Waals surface area contributed by atoms with Crippen molar-refractivity contribution in [1.82, 2.24) is 0 Å². The number of hydrogen-bond donors (Lipinski definition) is 0. The molecule has 0 saturated carbocycles. The van der Waals surface area contributed by atoms with Crippen LogP contribution in [0.1, 0.15) is 136 Å². The highest BCUT2D eigenvalue weighted by molar-refractivity contribution is 4.85. The van der Waals surface area contributed by atoms with Crippen LogP contribution in [0.15, 0.2) is 0 Å². The zero-order valence-electron chi connectivity index (χ0n) is 19.6. The third-order valence-corrected chi connectivity index (χ3v) is 6.28. The van der Waals surface area contributed by atoms with Gasteiger partial charge in [-0.2, -0.15) is 0 Å². The monoisotopic (exact) mass is 384 g/mol. The number of ether oxygens (including phenoxy) is 2. The SMILES string of the molecule is CCCCCCCCCCCCC(C)(OC)C(CCCCCCCC)OC. The Morgan fingerprint density at radius 2 is 1.00 bits per heavy atom. The first-order valence-corrected chi connectivity index (χ1v) is 12.2. The lowest BCUT2D eigenvalue weighted by molar-refractivity contribution is -0.115. The van der Waals surface area contributed by atoms with Gasteiger partial charge in [0.05, 0.1) is 11.7 Å². The van der Waals surface area contributed by atoms with Gasteiger partial charge in [0.2, 0.25) is 0 Å². The van der Waals surface area contributed by atoms with Crippen molar-refractivity contribution in [3.63, 3.8) is 0 Å². The van der Waals surface area contributed by atoms with Crippen molar-refractivity contribution in [3.8, 4) is 0 Å². The third-order valence-electron chi connectivity index (χ3n) is 6.28. The molecule has 164 valence electrons. The Morgan fingerprint density at radius 3 is 1.41 bits per heavy atom. The lowest BCUT2D eigenvalue weighted by Crippen LogP contribution is -2.42. The average Bonchev–Trinajstić information content (AvgIpc) is 2.68. The van der Waals surface area contributed by atoms with E-state index >= 15 is 0 Å². The van der Waals surface area contributed by atoms with Crippen LogP contribution in [0.3, 0.4) is 0 Å². The van der Waals surface area contributed by atoms with Crippen molar-refractivity contribution in [2.75, 3.05) is 14.2 Å². The van der Waals surface area contributed by atoms with Gasteiger partial charge in [-0.1, -0.05) is 117 Å². The van der Waals surface area contributed by atoms with Gasteiger partial charge in [-0.05, 0) is 19.8 Å². The average molecular weight is 385 g/mol. The molecule has 2 nitrogen and oxygen atoms in total. The molecule has 0 aromatic carbocycles. The number of methoxy groups -OCH3 is 2. The van der Waals surface area contributed by atoms with Crippen LogP contribution in [0.4, 0.5) is 0 Å². The van der Waals surface area contributed by atoms with Gasteiger partial charge in [-0.15, -0.1) is 0 Å². The molecule has 0 radical (unpaired) electrons. The minimum absolute atomic E-state index is 0.127. The first kappa shape index (κ1) is 26.9. The maximum atomic E-state index is 5.94. The zero-order chi connectivity index (χ0) is 20.2. The molecule has 0 fully saturated rings. The fraction of sp³-hybridized carbons (Fsp3) is 1.00. The molecule has 0 spiro atoms. The van der Waals surface area contributed by atoms with Crippen LogP contribution >= 0.6 is 0 Å². The van der Waals surface area contributed by atoms with E-state index < -0.39 is 0 Å². The summed E-state index contributed by atoms with van der Waals surface area (Å²) >= 11 is 0. The summed E-state index contributed by atoms with van der Waals surface area (Å²) in [6.45, 7) is 6.82. The molecule has 0 bridgehead atoms. The molecule has 0 aliphatic heterocycles. The number of hydrogen-bond acceptors (Lipinski definition) is 2. The first-order valence-electron chi connectivity index (χ1n) is 12.2.